The molecule has 0 N–H and O–H groups in total. The van der Waals surface area contributed by atoms with E-state index < -0.39 is 16.1 Å². The molecule has 0 aliphatic heterocycles. The van der Waals surface area contributed by atoms with Crippen LogP contribution in [0, 0.1) is 13.8 Å². The third-order valence-electron chi connectivity index (χ3n) is 3.54. The van der Waals surface area contributed by atoms with E-state index in [1.165, 1.54) is 19.2 Å². The van der Waals surface area contributed by atoms with Gasteiger partial charge in [0.05, 0.1) is 18.6 Å². The lowest BCUT2D eigenvalue weighted by Crippen LogP contribution is -2.13. The predicted molar refractivity (Wildman–Crippen MR) is 95.9 cm³/mol. The van der Waals surface area contributed by atoms with Gasteiger partial charge in [0.1, 0.15) is 10.6 Å². The van der Waals surface area contributed by atoms with Crippen molar-refractivity contribution in [3.8, 4) is 5.75 Å². The van der Waals surface area contributed by atoms with Gasteiger partial charge in [0.2, 0.25) is 0 Å². The second-order valence-corrected chi connectivity index (χ2v) is 7.65. The second-order valence-electron chi connectivity index (χ2n) is 5.38. The minimum Gasteiger partial charge on any atom is -0.469 e. The maximum Gasteiger partial charge on any atom is 0.341 e. The number of hydrogen-bond donors (Lipinski definition) is 0. The lowest BCUT2D eigenvalue weighted by molar-refractivity contribution is -0.139. The van der Waals surface area contributed by atoms with Crippen LogP contribution in [-0.2, 0) is 26.1 Å². The minimum atomic E-state index is -4.17. The molecule has 2 aromatic rings. The van der Waals surface area contributed by atoms with Gasteiger partial charge in [0.15, 0.2) is 0 Å². The molecule has 0 heterocycles. The summed E-state index contributed by atoms with van der Waals surface area (Å²) in [6.45, 7) is 3.22. The number of hydrogen-bond acceptors (Lipinski definition) is 5. The minimum absolute atomic E-state index is 0.0733. The summed E-state index contributed by atoms with van der Waals surface area (Å²) in [4.78, 5) is 11.1. The van der Waals surface area contributed by atoms with Crippen molar-refractivity contribution >= 4 is 39.3 Å². The van der Waals surface area contributed by atoms with Gasteiger partial charge in [-0.3, -0.25) is 4.79 Å². The van der Waals surface area contributed by atoms with Crippen LogP contribution < -0.4 is 4.18 Å². The van der Waals surface area contributed by atoms with Crippen LogP contribution in [0.3, 0.4) is 0 Å². The summed E-state index contributed by atoms with van der Waals surface area (Å²) in [5.41, 5.74) is 1.52. The van der Waals surface area contributed by atoms with Gasteiger partial charge in [-0.1, -0.05) is 35.3 Å². The van der Waals surface area contributed by atoms with Crippen molar-refractivity contribution in [2.45, 2.75) is 25.2 Å². The molecule has 2 rings (SSSR count). The molecule has 0 saturated heterocycles. The van der Waals surface area contributed by atoms with Crippen LogP contribution in [0.25, 0.3) is 0 Å². The summed E-state index contributed by atoms with van der Waals surface area (Å²) >= 11 is 12.2. The van der Waals surface area contributed by atoms with Gasteiger partial charge >= 0.3 is 16.1 Å². The van der Waals surface area contributed by atoms with Crippen molar-refractivity contribution in [3.63, 3.8) is 0 Å². The van der Waals surface area contributed by atoms with Crippen LogP contribution in [0.1, 0.15) is 16.7 Å². The van der Waals surface area contributed by atoms with Gasteiger partial charge in [0.25, 0.3) is 0 Å². The topological polar surface area (TPSA) is 69.7 Å². The Morgan fingerprint density at radius 2 is 1.72 bits per heavy atom. The number of carbonyl (C=O) groups is 1. The number of benzene rings is 2. The predicted octanol–water partition coefficient (Wildman–Crippen LogP) is 4.09. The van der Waals surface area contributed by atoms with E-state index in [9.17, 15) is 13.2 Å². The molecule has 5 nitrogen and oxygen atoms in total. The summed E-state index contributed by atoms with van der Waals surface area (Å²) in [7, 11) is -2.87. The van der Waals surface area contributed by atoms with E-state index in [-0.39, 0.29) is 27.1 Å². The maximum absolute atomic E-state index is 12.6. The van der Waals surface area contributed by atoms with Crippen molar-refractivity contribution in [2.24, 2.45) is 0 Å². The molecule has 0 aliphatic rings. The maximum atomic E-state index is 12.6. The van der Waals surface area contributed by atoms with Crippen molar-refractivity contribution in [1.29, 1.82) is 0 Å². The number of methoxy groups -OCH3 is 1. The summed E-state index contributed by atoms with van der Waals surface area (Å²) in [5.74, 6) is -0.292. The Morgan fingerprint density at radius 3 is 2.28 bits per heavy atom. The Balaban J connectivity index is 2.33. The van der Waals surface area contributed by atoms with E-state index in [2.05, 4.69) is 4.74 Å². The number of esters is 1. The smallest absolute Gasteiger partial charge is 0.341 e. The second kappa shape index (κ2) is 7.64. The largest absolute Gasteiger partial charge is 0.469 e. The van der Waals surface area contributed by atoms with Crippen LogP contribution in [0.15, 0.2) is 35.2 Å². The van der Waals surface area contributed by atoms with E-state index in [1.807, 2.05) is 0 Å². The van der Waals surface area contributed by atoms with Gasteiger partial charge < -0.3 is 8.92 Å². The highest BCUT2D eigenvalue weighted by Crippen LogP contribution is 2.34. The third kappa shape index (κ3) is 4.45. The average molecular weight is 403 g/mol. The number of ether oxygens (including phenoxy) is 1. The molecule has 2 aromatic carbocycles. The molecule has 0 amide bonds. The Kier molecular flexibility index (Phi) is 5.98. The van der Waals surface area contributed by atoms with Gasteiger partial charge in [-0.05, 0) is 48.7 Å². The van der Waals surface area contributed by atoms with Crippen molar-refractivity contribution in [3.05, 3.63) is 57.1 Å². The molecular weight excluding hydrogens is 387 g/mol. The van der Waals surface area contributed by atoms with E-state index in [0.29, 0.717) is 16.7 Å². The number of rotatable bonds is 5. The Bertz CT molecular complexity index is 879. The van der Waals surface area contributed by atoms with Crippen LogP contribution in [-0.4, -0.2) is 21.5 Å². The standard InChI is InChI=1S/C17H16Cl2O5S/c1-10-8-14(18)11(2)17(16(10)19)25(21,22)24-13-6-4-12(5-7-13)9-15(20)23-3/h4-8H,9H2,1-3H3. The Hall–Kier alpha value is -1.76. The summed E-state index contributed by atoms with van der Waals surface area (Å²) in [6, 6.07) is 7.67. The molecule has 0 radical (unpaired) electrons. The fourth-order valence-corrected chi connectivity index (χ4v) is 4.29. The monoisotopic (exact) mass is 402 g/mol. The molecule has 0 aliphatic carbocycles. The molecule has 25 heavy (non-hydrogen) atoms. The quantitative estimate of drug-likeness (QED) is 0.556. The molecule has 0 spiro atoms. The molecule has 0 bridgehead atoms. The normalized spacial score (nSPS) is 11.2. The SMILES string of the molecule is COC(=O)Cc1ccc(OS(=O)(=O)c2c(C)c(Cl)cc(C)c2Cl)cc1. The van der Waals surface area contributed by atoms with Crippen LogP contribution >= 0.6 is 23.2 Å². The van der Waals surface area contributed by atoms with Crippen LogP contribution in [0.4, 0.5) is 0 Å². The molecule has 0 unspecified atom stereocenters. The first kappa shape index (κ1) is 19.6. The zero-order valence-electron chi connectivity index (χ0n) is 13.8. The van der Waals surface area contributed by atoms with Crippen LogP contribution in [0.2, 0.25) is 10.0 Å². The van der Waals surface area contributed by atoms with Crippen molar-refractivity contribution < 1.29 is 22.1 Å². The molecule has 134 valence electrons. The number of carbonyl (C=O) groups excluding carboxylic acids is 1. The first-order chi connectivity index (χ1) is 11.7. The summed E-state index contributed by atoms with van der Waals surface area (Å²) < 4.78 is 35.0. The first-order valence-electron chi connectivity index (χ1n) is 7.21. The van der Waals surface area contributed by atoms with E-state index in [0.717, 1.165) is 0 Å². The molecule has 0 aromatic heterocycles. The fraction of sp³-hybridized carbons (Fsp3) is 0.235. The van der Waals surface area contributed by atoms with Gasteiger partial charge in [-0.2, -0.15) is 8.42 Å². The van der Waals surface area contributed by atoms with Crippen molar-refractivity contribution in [2.75, 3.05) is 7.11 Å². The summed E-state index contributed by atoms with van der Waals surface area (Å²) in [5, 5.41) is 0.363. The van der Waals surface area contributed by atoms with Crippen LogP contribution in [0.5, 0.6) is 5.75 Å². The molecule has 0 saturated carbocycles. The van der Waals surface area contributed by atoms with Gasteiger partial charge in [0, 0.05) is 5.02 Å². The van der Waals surface area contributed by atoms with E-state index >= 15 is 0 Å². The third-order valence-corrected chi connectivity index (χ3v) is 5.96. The average Bonchev–Trinajstić information content (AvgIpc) is 2.54. The molecule has 0 atom stereocenters. The highest BCUT2D eigenvalue weighted by atomic mass is 35.5. The first-order valence-corrected chi connectivity index (χ1v) is 9.37. The highest BCUT2D eigenvalue weighted by molar-refractivity contribution is 7.87. The van der Waals surface area contributed by atoms with Gasteiger partial charge in [-0.15, -0.1) is 0 Å². The van der Waals surface area contributed by atoms with E-state index in [1.54, 1.807) is 32.0 Å². The fourth-order valence-electron chi connectivity index (χ4n) is 2.18. The lowest BCUT2D eigenvalue weighted by atomic mass is 10.1. The Morgan fingerprint density at radius 1 is 1.12 bits per heavy atom. The molecular formula is C17H16Cl2O5S. The highest BCUT2D eigenvalue weighted by Gasteiger charge is 2.26. The molecule has 0 fully saturated rings. The molecule has 8 heteroatoms. The van der Waals surface area contributed by atoms with Gasteiger partial charge in [-0.25, -0.2) is 0 Å². The zero-order valence-corrected chi connectivity index (χ0v) is 16.1. The van der Waals surface area contributed by atoms with Crippen molar-refractivity contribution in [1.82, 2.24) is 0 Å². The zero-order chi connectivity index (χ0) is 18.8. The number of aryl methyl sites for hydroxylation is 1. The number of halogens is 2. The lowest BCUT2D eigenvalue weighted by Gasteiger charge is -2.14. The summed E-state index contributed by atoms with van der Waals surface area (Å²) in [6.07, 6.45) is 0.0853. The Labute approximate surface area is 156 Å². The van der Waals surface area contributed by atoms with E-state index in [4.69, 9.17) is 27.4 Å².